The standard InChI is InChI=1S/C35H39N5O4Si/c1-5-35(22-43-45(34(2,3)4,26-17-11-7-12-18-26)27-19-13-8-14-20-27)30(42-21-25-15-9-6-10-16-25)29(41)33(44-35)40-24-39-28-31(36)37-23-38-32(28)40/h5-20,23-24,29-30,33,41H,1,21-22H2,2-4H3,(H2,36,37,38)/t29-,30+,33-,35-/m1/s1. The molecule has 9 nitrogen and oxygen atoms in total. The highest BCUT2D eigenvalue weighted by Crippen LogP contribution is 2.44. The highest BCUT2D eigenvalue weighted by atomic mass is 28.4. The second-order valence-corrected chi connectivity index (χ2v) is 16.7. The first-order valence-corrected chi connectivity index (χ1v) is 16.9. The lowest BCUT2D eigenvalue weighted by Gasteiger charge is -2.45. The van der Waals surface area contributed by atoms with Crippen molar-refractivity contribution in [2.45, 2.75) is 56.5 Å². The van der Waals surface area contributed by atoms with E-state index in [9.17, 15) is 5.11 Å². The number of aliphatic hydroxyl groups is 1. The summed E-state index contributed by atoms with van der Waals surface area (Å²) in [5.74, 6) is 0.244. The van der Waals surface area contributed by atoms with Crippen molar-refractivity contribution in [2.75, 3.05) is 12.3 Å². The molecule has 1 aliphatic rings. The molecule has 0 aliphatic carbocycles. The summed E-state index contributed by atoms with van der Waals surface area (Å²) < 4.78 is 22.3. The summed E-state index contributed by atoms with van der Waals surface area (Å²) in [5.41, 5.74) is 6.68. The molecule has 0 unspecified atom stereocenters. The maximum Gasteiger partial charge on any atom is 0.261 e. The fourth-order valence-electron chi connectivity index (χ4n) is 6.40. The number of benzene rings is 3. The molecule has 232 valence electrons. The zero-order valence-electron chi connectivity index (χ0n) is 25.8. The van der Waals surface area contributed by atoms with Crippen LogP contribution < -0.4 is 16.1 Å². The van der Waals surface area contributed by atoms with Crippen LogP contribution in [0.2, 0.25) is 5.04 Å². The first-order valence-electron chi connectivity index (χ1n) is 15.0. The van der Waals surface area contributed by atoms with Crippen LogP contribution in [-0.4, -0.2) is 57.4 Å². The first kappa shape index (κ1) is 30.8. The quantitative estimate of drug-likeness (QED) is 0.174. The molecule has 6 rings (SSSR count). The minimum Gasteiger partial charge on any atom is -0.404 e. The van der Waals surface area contributed by atoms with E-state index in [-0.39, 0.29) is 24.1 Å². The van der Waals surface area contributed by atoms with Crippen molar-refractivity contribution in [1.82, 2.24) is 19.5 Å². The third-order valence-electron chi connectivity index (χ3n) is 8.63. The fourth-order valence-corrected chi connectivity index (χ4v) is 11.0. The van der Waals surface area contributed by atoms with Crippen LogP contribution in [0.15, 0.2) is 116 Å². The van der Waals surface area contributed by atoms with Crippen molar-refractivity contribution in [3.05, 3.63) is 122 Å². The number of nitrogen functional groups attached to an aromatic ring is 1. The molecule has 2 aromatic heterocycles. The van der Waals surface area contributed by atoms with Crippen LogP contribution in [0.3, 0.4) is 0 Å². The van der Waals surface area contributed by atoms with Gasteiger partial charge in [0.2, 0.25) is 0 Å². The van der Waals surface area contributed by atoms with Gasteiger partial charge in [0.05, 0.1) is 19.5 Å². The third kappa shape index (κ3) is 5.49. The molecule has 0 spiro atoms. The van der Waals surface area contributed by atoms with Gasteiger partial charge in [-0.3, -0.25) is 4.57 Å². The molecule has 0 bridgehead atoms. The number of fused-ring (bicyclic) bond motifs is 1. The number of hydrogen-bond donors (Lipinski definition) is 2. The minimum absolute atomic E-state index is 0.0839. The maximum absolute atomic E-state index is 12.0. The van der Waals surface area contributed by atoms with Gasteiger partial charge in [0, 0.05) is 0 Å². The van der Waals surface area contributed by atoms with Crippen molar-refractivity contribution < 1.29 is 19.0 Å². The highest BCUT2D eigenvalue weighted by molar-refractivity contribution is 6.99. The number of nitrogens with zero attached hydrogens (tertiary/aromatic N) is 4. The number of hydrogen-bond acceptors (Lipinski definition) is 8. The zero-order valence-corrected chi connectivity index (χ0v) is 26.8. The van der Waals surface area contributed by atoms with E-state index in [0.717, 1.165) is 15.9 Å². The van der Waals surface area contributed by atoms with Crippen LogP contribution in [0.25, 0.3) is 11.2 Å². The lowest BCUT2D eigenvalue weighted by atomic mass is 9.96. The normalized spacial score (nSPS) is 22.1. The van der Waals surface area contributed by atoms with Gasteiger partial charge >= 0.3 is 0 Å². The van der Waals surface area contributed by atoms with E-state index in [2.05, 4.69) is 66.6 Å². The topological polar surface area (TPSA) is 118 Å². The second kappa shape index (κ2) is 12.3. The first-order chi connectivity index (χ1) is 21.7. The molecule has 45 heavy (non-hydrogen) atoms. The monoisotopic (exact) mass is 621 g/mol. The van der Waals surface area contributed by atoms with Crippen LogP contribution in [-0.2, 0) is 20.5 Å². The third-order valence-corrected chi connectivity index (χ3v) is 13.6. The van der Waals surface area contributed by atoms with Crippen LogP contribution in [0, 0.1) is 0 Å². The lowest BCUT2D eigenvalue weighted by molar-refractivity contribution is -0.110. The smallest absolute Gasteiger partial charge is 0.261 e. The van der Waals surface area contributed by atoms with Crippen LogP contribution in [0.4, 0.5) is 5.82 Å². The van der Waals surface area contributed by atoms with Gasteiger partial charge < -0.3 is 24.7 Å². The van der Waals surface area contributed by atoms with Gasteiger partial charge in [-0.1, -0.05) is 118 Å². The van der Waals surface area contributed by atoms with Gasteiger partial charge in [0.15, 0.2) is 17.7 Å². The fraction of sp³-hybridized carbons (Fsp3) is 0.286. The summed E-state index contributed by atoms with van der Waals surface area (Å²) in [4.78, 5) is 12.9. The Hall–Kier alpha value is -4.19. The average molecular weight is 622 g/mol. The van der Waals surface area contributed by atoms with E-state index >= 15 is 0 Å². The van der Waals surface area contributed by atoms with Crippen molar-refractivity contribution in [1.29, 1.82) is 0 Å². The Bertz CT molecular complexity index is 1710. The van der Waals surface area contributed by atoms with Crippen LogP contribution in [0.1, 0.15) is 32.6 Å². The van der Waals surface area contributed by atoms with Gasteiger partial charge in [0.25, 0.3) is 8.32 Å². The highest BCUT2D eigenvalue weighted by Gasteiger charge is 2.58. The number of anilines is 1. The molecule has 3 aromatic carbocycles. The zero-order chi connectivity index (χ0) is 31.7. The average Bonchev–Trinajstić information content (AvgIpc) is 3.60. The summed E-state index contributed by atoms with van der Waals surface area (Å²) in [6.07, 6.45) is 1.75. The molecule has 4 atom stereocenters. The number of aliphatic hydroxyl groups excluding tert-OH is 1. The Morgan fingerprint density at radius 3 is 2.13 bits per heavy atom. The van der Waals surface area contributed by atoms with Crippen molar-refractivity contribution in [3.63, 3.8) is 0 Å². The summed E-state index contributed by atoms with van der Waals surface area (Å²) in [6.45, 7) is 11.2. The minimum atomic E-state index is -2.98. The van der Waals surface area contributed by atoms with Gasteiger partial charge in [0.1, 0.15) is 29.7 Å². The molecule has 10 heteroatoms. The number of imidazole rings is 1. The van der Waals surface area contributed by atoms with Gasteiger partial charge in [-0.15, -0.1) is 6.58 Å². The predicted octanol–water partition coefficient (Wildman–Crippen LogP) is 4.39. The summed E-state index contributed by atoms with van der Waals surface area (Å²) in [7, 11) is -2.98. The molecule has 1 saturated heterocycles. The summed E-state index contributed by atoms with van der Waals surface area (Å²) >= 11 is 0. The largest absolute Gasteiger partial charge is 0.404 e. The Morgan fingerprint density at radius 2 is 1.56 bits per heavy atom. The number of rotatable bonds is 10. The van der Waals surface area contributed by atoms with Crippen molar-refractivity contribution in [2.24, 2.45) is 0 Å². The summed E-state index contributed by atoms with van der Waals surface area (Å²) in [5, 5.41) is 13.9. The van der Waals surface area contributed by atoms with Gasteiger partial charge in [-0.05, 0) is 21.0 Å². The molecule has 5 aromatic rings. The predicted molar refractivity (Wildman–Crippen MR) is 177 cm³/mol. The number of nitrogens with two attached hydrogens (primary N) is 1. The Balaban J connectivity index is 1.43. The molecule has 3 N–H and O–H groups in total. The summed E-state index contributed by atoms with van der Waals surface area (Å²) in [6, 6.07) is 30.6. The number of ether oxygens (including phenoxy) is 2. The molecule has 0 radical (unpaired) electrons. The lowest BCUT2D eigenvalue weighted by Crippen LogP contribution is -2.68. The van der Waals surface area contributed by atoms with E-state index in [0.29, 0.717) is 11.2 Å². The number of aromatic nitrogens is 4. The van der Waals surface area contributed by atoms with Crippen molar-refractivity contribution >= 4 is 35.7 Å². The molecule has 0 amide bonds. The SMILES string of the molecule is C=C[C@]1(CO[Si](c2ccccc2)(c2ccccc2)C(C)(C)C)O[C@@H](n2cnc3c(N)ncnc32)[C@H](O)[C@@H]1OCc1ccccc1. The van der Waals surface area contributed by atoms with E-state index < -0.39 is 32.4 Å². The van der Waals surface area contributed by atoms with Crippen LogP contribution >= 0.6 is 0 Å². The van der Waals surface area contributed by atoms with Crippen LogP contribution in [0.5, 0.6) is 0 Å². The molecule has 1 fully saturated rings. The van der Waals surface area contributed by atoms with Gasteiger partial charge in [-0.2, -0.15) is 0 Å². The molecule has 0 saturated carbocycles. The maximum atomic E-state index is 12.0. The van der Waals surface area contributed by atoms with E-state index in [4.69, 9.17) is 19.6 Å². The molecular weight excluding hydrogens is 583 g/mol. The second-order valence-electron chi connectivity index (χ2n) is 12.4. The Morgan fingerprint density at radius 1 is 0.956 bits per heavy atom. The van der Waals surface area contributed by atoms with E-state index in [1.807, 2.05) is 66.7 Å². The molecular formula is C35H39N5O4Si. The van der Waals surface area contributed by atoms with E-state index in [1.165, 1.54) is 6.33 Å². The van der Waals surface area contributed by atoms with E-state index in [1.54, 1.807) is 17.0 Å². The Labute approximate surface area is 264 Å². The molecule has 3 heterocycles. The molecule has 1 aliphatic heterocycles. The van der Waals surface area contributed by atoms with Crippen molar-refractivity contribution in [3.8, 4) is 0 Å². The Kier molecular flexibility index (Phi) is 8.42. The van der Waals surface area contributed by atoms with Gasteiger partial charge in [-0.25, -0.2) is 15.0 Å².